The van der Waals surface area contributed by atoms with Gasteiger partial charge in [-0.05, 0) is 104 Å². The summed E-state index contributed by atoms with van der Waals surface area (Å²) in [5.74, 6) is 0. The molecule has 0 spiro atoms. The molecule has 1 heterocycles. The Morgan fingerprint density at radius 2 is 0.766 bits per heavy atom. The van der Waals surface area contributed by atoms with Crippen LogP contribution in [0.5, 0.6) is 0 Å². The van der Waals surface area contributed by atoms with Crippen LogP contribution in [0.1, 0.15) is 0 Å². The lowest BCUT2D eigenvalue weighted by Crippen LogP contribution is -2.11. The van der Waals surface area contributed by atoms with Crippen molar-refractivity contribution in [2.45, 2.75) is 0 Å². The van der Waals surface area contributed by atoms with Crippen molar-refractivity contribution in [3.8, 4) is 50.2 Å². The average molecular weight is 815 g/mol. The van der Waals surface area contributed by atoms with Gasteiger partial charge in [0.2, 0.25) is 0 Å². The number of para-hydroxylation sites is 3. The normalized spacial score (nSPS) is 11.4. The number of anilines is 3. The van der Waals surface area contributed by atoms with Gasteiger partial charge in [-0.2, -0.15) is 0 Å². The molecule has 2 heteroatoms. The van der Waals surface area contributed by atoms with E-state index < -0.39 is 0 Å². The minimum atomic E-state index is 1.08. The molecule has 0 fully saturated rings. The van der Waals surface area contributed by atoms with Crippen molar-refractivity contribution in [2.24, 2.45) is 0 Å². The Bertz CT molecular complexity index is 3610. The third-order valence-electron chi connectivity index (χ3n) is 12.8. The van der Waals surface area contributed by atoms with Crippen molar-refractivity contribution in [3.05, 3.63) is 255 Å². The highest BCUT2D eigenvalue weighted by molar-refractivity contribution is 6.10. The molecule has 0 aliphatic carbocycles. The van der Waals surface area contributed by atoms with E-state index in [2.05, 4.69) is 264 Å². The first-order valence-corrected chi connectivity index (χ1v) is 22.0. The van der Waals surface area contributed by atoms with E-state index >= 15 is 0 Å². The molecule has 0 bridgehead atoms. The zero-order valence-corrected chi connectivity index (χ0v) is 35.1. The number of aromatic nitrogens is 1. The fourth-order valence-electron chi connectivity index (χ4n) is 9.79. The van der Waals surface area contributed by atoms with Gasteiger partial charge in [0.05, 0.1) is 22.4 Å². The molecule has 11 aromatic carbocycles. The second kappa shape index (κ2) is 15.8. The number of fused-ring (bicyclic) bond motifs is 5. The van der Waals surface area contributed by atoms with Gasteiger partial charge in [0.15, 0.2) is 0 Å². The van der Waals surface area contributed by atoms with Crippen LogP contribution >= 0.6 is 0 Å². The SMILES string of the molecule is c1ccc(-c2ccc(-c3ccc(N(c4ccc(-c5ccccc5-n5c6ccccc6c6ccccc65)c(-c5ccccc5)c4)c4ccc5ccccc5c4)c4ccccc34)cc2)cc1. The van der Waals surface area contributed by atoms with Gasteiger partial charge < -0.3 is 9.47 Å². The molecule has 0 saturated heterocycles. The first kappa shape index (κ1) is 37.3. The second-order valence-corrected chi connectivity index (χ2v) is 16.5. The lowest BCUT2D eigenvalue weighted by atomic mass is 9.92. The van der Waals surface area contributed by atoms with E-state index in [4.69, 9.17) is 0 Å². The third-order valence-corrected chi connectivity index (χ3v) is 12.8. The molecule has 0 radical (unpaired) electrons. The van der Waals surface area contributed by atoms with Crippen LogP contribution < -0.4 is 4.90 Å². The third kappa shape index (κ3) is 6.44. The zero-order valence-electron chi connectivity index (χ0n) is 35.1. The summed E-state index contributed by atoms with van der Waals surface area (Å²) in [7, 11) is 0. The van der Waals surface area contributed by atoms with Crippen LogP contribution in [0, 0.1) is 0 Å². The number of benzene rings is 11. The molecule has 2 nitrogen and oxygen atoms in total. The van der Waals surface area contributed by atoms with E-state index in [1.807, 2.05) is 0 Å². The zero-order chi connectivity index (χ0) is 42.4. The number of nitrogens with zero attached hydrogens (tertiary/aromatic N) is 2. The minimum Gasteiger partial charge on any atom is -0.310 e. The molecule has 64 heavy (non-hydrogen) atoms. The molecule has 12 aromatic rings. The Morgan fingerprint density at radius 3 is 1.50 bits per heavy atom. The first-order valence-electron chi connectivity index (χ1n) is 22.0. The van der Waals surface area contributed by atoms with Crippen molar-refractivity contribution >= 4 is 60.4 Å². The van der Waals surface area contributed by atoms with Crippen LogP contribution in [-0.2, 0) is 0 Å². The summed E-state index contributed by atoms with van der Waals surface area (Å²) in [4.78, 5) is 2.45. The lowest BCUT2D eigenvalue weighted by molar-refractivity contribution is 1.18. The summed E-state index contributed by atoms with van der Waals surface area (Å²) < 4.78 is 2.44. The minimum absolute atomic E-state index is 1.08. The molecule has 0 aliphatic rings. The Hall–Kier alpha value is -8.46. The van der Waals surface area contributed by atoms with E-state index in [1.165, 1.54) is 76.7 Å². The summed E-state index contributed by atoms with van der Waals surface area (Å²) in [6.45, 7) is 0. The fraction of sp³-hybridized carbons (Fsp3) is 0. The summed E-state index contributed by atoms with van der Waals surface area (Å²) >= 11 is 0. The molecule has 1 aromatic heterocycles. The number of rotatable bonds is 8. The number of hydrogen-bond acceptors (Lipinski definition) is 1. The molecule has 0 atom stereocenters. The van der Waals surface area contributed by atoms with Crippen LogP contribution in [0.25, 0.3) is 93.5 Å². The Balaban J connectivity index is 1.07. The molecular weight excluding hydrogens is 773 g/mol. The summed E-state index contributed by atoms with van der Waals surface area (Å²) in [6.07, 6.45) is 0. The van der Waals surface area contributed by atoms with Crippen molar-refractivity contribution in [1.82, 2.24) is 4.57 Å². The molecule has 0 unspecified atom stereocenters. The molecule has 0 saturated carbocycles. The highest BCUT2D eigenvalue weighted by atomic mass is 15.1. The van der Waals surface area contributed by atoms with Gasteiger partial charge in [0.1, 0.15) is 0 Å². The summed E-state index contributed by atoms with van der Waals surface area (Å²) in [6, 6.07) is 92.8. The monoisotopic (exact) mass is 814 g/mol. The molecule has 0 aliphatic heterocycles. The maximum atomic E-state index is 2.45. The van der Waals surface area contributed by atoms with Crippen molar-refractivity contribution in [2.75, 3.05) is 4.90 Å². The van der Waals surface area contributed by atoms with Gasteiger partial charge in [0, 0.05) is 33.1 Å². The largest absolute Gasteiger partial charge is 0.310 e. The van der Waals surface area contributed by atoms with Gasteiger partial charge >= 0.3 is 0 Å². The standard InChI is InChI=1S/C62H42N2/c1-3-17-43(18-4-1)45-31-33-47(34-32-45)51-39-40-62(54-24-10-9-23-52(51)54)63(49-36-35-44-19-7-8-22-48(44)41-49)50-37-38-53(58(42-50)46-20-5-2-6-21-46)55-25-11-14-28-59(55)64-60-29-15-12-26-56(60)57-27-13-16-30-61(57)64/h1-42H. The maximum absolute atomic E-state index is 2.45. The predicted octanol–water partition coefficient (Wildman–Crippen LogP) is 17.2. The van der Waals surface area contributed by atoms with Crippen LogP contribution in [0.3, 0.4) is 0 Å². The Kier molecular flexibility index (Phi) is 9.20. The van der Waals surface area contributed by atoms with Gasteiger partial charge in [-0.25, -0.2) is 0 Å². The maximum Gasteiger partial charge on any atom is 0.0541 e. The molecule has 0 N–H and O–H groups in total. The topological polar surface area (TPSA) is 8.17 Å². The van der Waals surface area contributed by atoms with E-state index in [-0.39, 0.29) is 0 Å². The van der Waals surface area contributed by atoms with Crippen molar-refractivity contribution in [3.63, 3.8) is 0 Å². The van der Waals surface area contributed by atoms with Crippen molar-refractivity contribution < 1.29 is 0 Å². The van der Waals surface area contributed by atoms with E-state index in [1.54, 1.807) is 0 Å². The van der Waals surface area contributed by atoms with Crippen LogP contribution in [0.2, 0.25) is 0 Å². The predicted molar refractivity (Wildman–Crippen MR) is 272 cm³/mol. The van der Waals surface area contributed by atoms with Crippen LogP contribution in [0.15, 0.2) is 255 Å². The Morgan fingerprint density at radius 1 is 0.266 bits per heavy atom. The molecule has 12 rings (SSSR count). The summed E-state index contributed by atoms with van der Waals surface area (Å²) in [5.41, 5.74) is 16.3. The highest BCUT2D eigenvalue weighted by Crippen LogP contribution is 2.46. The first-order chi connectivity index (χ1) is 31.8. The fourth-order valence-corrected chi connectivity index (χ4v) is 9.79. The van der Waals surface area contributed by atoms with Gasteiger partial charge in [-0.3, -0.25) is 0 Å². The van der Waals surface area contributed by atoms with Gasteiger partial charge in [0.25, 0.3) is 0 Å². The smallest absolute Gasteiger partial charge is 0.0541 e. The quantitative estimate of drug-likeness (QED) is 0.148. The lowest BCUT2D eigenvalue weighted by Gasteiger charge is -2.29. The van der Waals surface area contributed by atoms with E-state index in [9.17, 15) is 0 Å². The van der Waals surface area contributed by atoms with Crippen LogP contribution in [-0.4, -0.2) is 4.57 Å². The molecule has 0 amide bonds. The van der Waals surface area contributed by atoms with Gasteiger partial charge in [-0.1, -0.05) is 206 Å². The van der Waals surface area contributed by atoms with Crippen molar-refractivity contribution in [1.29, 1.82) is 0 Å². The second-order valence-electron chi connectivity index (χ2n) is 16.5. The van der Waals surface area contributed by atoms with E-state index in [0.717, 1.165) is 33.9 Å². The molecular formula is C62H42N2. The van der Waals surface area contributed by atoms with E-state index in [0.29, 0.717) is 0 Å². The molecule has 300 valence electrons. The highest BCUT2D eigenvalue weighted by Gasteiger charge is 2.22. The van der Waals surface area contributed by atoms with Crippen LogP contribution in [0.4, 0.5) is 17.1 Å². The number of hydrogen-bond donors (Lipinski definition) is 0. The van der Waals surface area contributed by atoms with Gasteiger partial charge in [-0.15, -0.1) is 0 Å². The average Bonchev–Trinajstić information content (AvgIpc) is 3.71. The summed E-state index contributed by atoms with van der Waals surface area (Å²) in [5, 5.41) is 7.30. The Labute approximate surface area is 373 Å².